The van der Waals surface area contributed by atoms with Gasteiger partial charge in [-0.3, -0.25) is 0 Å². The summed E-state index contributed by atoms with van der Waals surface area (Å²) in [5.74, 6) is 0.623. The molecule has 1 unspecified atom stereocenters. The van der Waals surface area contributed by atoms with E-state index in [1.165, 1.54) is 0 Å². The maximum Gasteiger partial charge on any atom is 0.106 e. The van der Waals surface area contributed by atoms with Crippen LogP contribution in [0, 0.1) is 5.92 Å². The van der Waals surface area contributed by atoms with Gasteiger partial charge in [0.1, 0.15) is 4.99 Å². The Bertz CT molecular complexity index is 406. The molecule has 0 spiro atoms. The predicted octanol–water partition coefficient (Wildman–Crippen LogP) is 3.46. The predicted molar refractivity (Wildman–Crippen MR) is 80.1 cm³/mol. The van der Waals surface area contributed by atoms with Gasteiger partial charge in [-0.1, -0.05) is 44.1 Å². The lowest BCUT2D eigenvalue weighted by molar-refractivity contribution is 0.560. The van der Waals surface area contributed by atoms with Crippen LogP contribution in [-0.2, 0) is 0 Å². The van der Waals surface area contributed by atoms with Gasteiger partial charge >= 0.3 is 0 Å². The summed E-state index contributed by atoms with van der Waals surface area (Å²) in [4.78, 5) is 2.57. The fraction of sp³-hybridized carbons (Fsp3) is 0.462. The van der Waals surface area contributed by atoms with Crippen LogP contribution in [0.1, 0.15) is 25.8 Å². The van der Waals surface area contributed by atoms with E-state index >= 15 is 0 Å². The van der Waals surface area contributed by atoms with Gasteiger partial charge in [0.05, 0.1) is 0 Å². The molecule has 0 aliphatic carbocycles. The molecule has 0 heterocycles. The third-order valence-electron chi connectivity index (χ3n) is 2.92. The van der Waals surface area contributed by atoms with E-state index in [1.54, 1.807) is 0 Å². The number of halogens is 1. The molecule has 1 aromatic carbocycles. The fourth-order valence-corrected chi connectivity index (χ4v) is 2.06. The van der Waals surface area contributed by atoms with Gasteiger partial charge in [-0.15, -0.1) is 0 Å². The van der Waals surface area contributed by atoms with Crippen LogP contribution in [0.4, 0.5) is 5.69 Å². The molecule has 0 aliphatic heterocycles. The van der Waals surface area contributed by atoms with E-state index in [9.17, 15) is 0 Å². The van der Waals surface area contributed by atoms with Crippen molar-refractivity contribution in [3.63, 3.8) is 0 Å². The number of nitrogens with two attached hydrogens (primary N) is 1. The van der Waals surface area contributed by atoms with Crippen molar-refractivity contribution in [3.05, 3.63) is 28.8 Å². The van der Waals surface area contributed by atoms with Gasteiger partial charge in [0, 0.05) is 29.9 Å². The molecule has 0 radical (unpaired) electrons. The summed E-state index contributed by atoms with van der Waals surface area (Å²) in [7, 11) is 2.04. The van der Waals surface area contributed by atoms with Crippen LogP contribution in [0.5, 0.6) is 0 Å². The van der Waals surface area contributed by atoms with Crippen LogP contribution in [-0.4, -0.2) is 18.6 Å². The van der Waals surface area contributed by atoms with Crippen molar-refractivity contribution in [2.45, 2.75) is 20.3 Å². The van der Waals surface area contributed by atoms with Gasteiger partial charge in [-0.05, 0) is 24.1 Å². The zero-order chi connectivity index (χ0) is 13.0. The minimum Gasteiger partial charge on any atom is -0.389 e. The molecule has 0 amide bonds. The molecule has 1 atom stereocenters. The van der Waals surface area contributed by atoms with E-state index < -0.39 is 0 Å². The van der Waals surface area contributed by atoms with Gasteiger partial charge in [0.2, 0.25) is 0 Å². The Morgan fingerprint density at radius 3 is 2.71 bits per heavy atom. The van der Waals surface area contributed by atoms with Gasteiger partial charge in [0.25, 0.3) is 0 Å². The largest absolute Gasteiger partial charge is 0.389 e. The Balaban J connectivity index is 3.02. The summed E-state index contributed by atoms with van der Waals surface area (Å²) < 4.78 is 0. The highest BCUT2D eigenvalue weighted by atomic mass is 35.5. The smallest absolute Gasteiger partial charge is 0.106 e. The molecular weight excluding hydrogens is 252 g/mol. The summed E-state index contributed by atoms with van der Waals surface area (Å²) in [5.41, 5.74) is 7.62. The molecule has 0 aromatic heterocycles. The van der Waals surface area contributed by atoms with E-state index in [0.717, 1.165) is 24.2 Å². The summed E-state index contributed by atoms with van der Waals surface area (Å²) in [5, 5.41) is 0.705. The minimum atomic E-state index is 0.410. The molecule has 0 saturated heterocycles. The van der Waals surface area contributed by atoms with Crippen molar-refractivity contribution in [2.75, 3.05) is 18.5 Å². The van der Waals surface area contributed by atoms with Crippen LogP contribution in [0.25, 0.3) is 0 Å². The second kappa shape index (κ2) is 6.22. The average Bonchev–Trinajstić information content (AvgIpc) is 2.28. The Hall–Kier alpha value is -0.800. The summed E-state index contributed by atoms with van der Waals surface area (Å²) in [6.07, 6.45) is 1.15. The number of anilines is 1. The molecule has 0 saturated carbocycles. The van der Waals surface area contributed by atoms with Crippen LogP contribution in [0.15, 0.2) is 18.2 Å². The third-order valence-corrected chi connectivity index (χ3v) is 3.37. The fourth-order valence-electron chi connectivity index (χ4n) is 1.72. The van der Waals surface area contributed by atoms with Crippen molar-refractivity contribution in [1.29, 1.82) is 0 Å². The van der Waals surface area contributed by atoms with Crippen LogP contribution in [0.3, 0.4) is 0 Å². The second-order valence-corrected chi connectivity index (χ2v) is 5.30. The van der Waals surface area contributed by atoms with Crippen molar-refractivity contribution in [1.82, 2.24) is 0 Å². The number of hydrogen-bond acceptors (Lipinski definition) is 2. The lowest BCUT2D eigenvalue weighted by Gasteiger charge is -2.25. The molecule has 2 nitrogen and oxygen atoms in total. The maximum atomic E-state index is 6.03. The first kappa shape index (κ1) is 14.3. The zero-order valence-electron chi connectivity index (χ0n) is 10.5. The van der Waals surface area contributed by atoms with E-state index in [4.69, 9.17) is 29.6 Å². The molecule has 0 aliphatic rings. The summed E-state index contributed by atoms with van der Waals surface area (Å²) in [6, 6.07) is 5.61. The van der Waals surface area contributed by atoms with E-state index in [1.807, 2.05) is 25.2 Å². The van der Waals surface area contributed by atoms with Gasteiger partial charge in [-0.2, -0.15) is 0 Å². The first-order valence-corrected chi connectivity index (χ1v) is 6.54. The normalized spacial score (nSPS) is 12.2. The highest BCUT2D eigenvalue weighted by molar-refractivity contribution is 7.80. The Labute approximate surface area is 114 Å². The minimum absolute atomic E-state index is 0.410. The van der Waals surface area contributed by atoms with E-state index in [-0.39, 0.29) is 0 Å². The van der Waals surface area contributed by atoms with E-state index in [2.05, 4.69) is 18.7 Å². The molecule has 1 rings (SSSR count). The quantitative estimate of drug-likeness (QED) is 0.831. The monoisotopic (exact) mass is 270 g/mol. The molecule has 94 valence electrons. The van der Waals surface area contributed by atoms with E-state index in [0.29, 0.717) is 15.9 Å². The van der Waals surface area contributed by atoms with Gasteiger partial charge in [0.15, 0.2) is 0 Å². The number of thiocarbonyl (C=S) groups is 1. The molecule has 17 heavy (non-hydrogen) atoms. The van der Waals surface area contributed by atoms with Crippen molar-refractivity contribution in [2.24, 2.45) is 11.7 Å². The van der Waals surface area contributed by atoms with Crippen LogP contribution < -0.4 is 10.6 Å². The number of benzene rings is 1. The summed E-state index contributed by atoms with van der Waals surface area (Å²) in [6.45, 7) is 5.37. The standard InChI is InChI=1S/C13H19ClN2S/c1-4-9(2)8-16(3)12-7-10(14)5-6-11(12)13(15)17/h5-7,9H,4,8H2,1-3H3,(H2,15,17). The lowest BCUT2D eigenvalue weighted by atomic mass is 10.1. The molecule has 0 fully saturated rings. The number of rotatable bonds is 5. The van der Waals surface area contributed by atoms with Gasteiger partial charge < -0.3 is 10.6 Å². The topological polar surface area (TPSA) is 29.3 Å². The second-order valence-electron chi connectivity index (χ2n) is 4.42. The Morgan fingerprint density at radius 2 is 2.18 bits per heavy atom. The number of hydrogen-bond donors (Lipinski definition) is 1. The Morgan fingerprint density at radius 1 is 1.53 bits per heavy atom. The number of nitrogens with zero attached hydrogens (tertiary/aromatic N) is 1. The molecule has 4 heteroatoms. The SMILES string of the molecule is CCC(C)CN(C)c1cc(Cl)ccc1C(N)=S. The molecule has 2 N–H and O–H groups in total. The average molecular weight is 271 g/mol. The zero-order valence-corrected chi connectivity index (χ0v) is 12.1. The molecule has 0 bridgehead atoms. The van der Waals surface area contributed by atoms with Crippen molar-refractivity contribution in [3.8, 4) is 0 Å². The molecular formula is C13H19ClN2S. The first-order chi connectivity index (χ1) is 7.95. The summed E-state index contributed by atoms with van der Waals surface area (Å²) >= 11 is 11.1. The lowest BCUT2D eigenvalue weighted by Crippen LogP contribution is -2.26. The van der Waals surface area contributed by atoms with Crippen molar-refractivity contribution >= 4 is 34.5 Å². The Kier molecular flexibility index (Phi) is 5.22. The van der Waals surface area contributed by atoms with Crippen molar-refractivity contribution < 1.29 is 0 Å². The highest BCUT2D eigenvalue weighted by Gasteiger charge is 2.12. The van der Waals surface area contributed by atoms with Crippen LogP contribution >= 0.6 is 23.8 Å². The molecule has 1 aromatic rings. The first-order valence-electron chi connectivity index (χ1n) is 5.76. The van der Waals surface area contributed by atoms with Crippen LogP contribution in [0.2, 0.25) is 5.02 Å². The maximum absolute atomic E-state index is 6.03. The van der Waals surface area contributed by atoms with Gasteiger partial charge in [-0.25, -0.2) is 0 Å². The highest BCUT2D eigenvalue weighted by Crippen LogP contribution is 2.25. The third kappa shape index (κ3) is 3.86.